The van der Waals surface area contributed by atoms with E-state index < -0.39 is 36.0 Å². The molecule has 3 N–H and O–H groups in total. The maximum absolute atomic E-state index is 12.6. The quantitative estimate of drug-likeness (QED) is 0.477. The van der Waals surface area contributed by atoms with Crippen molar-refractivity contribution in [3.8, 4) is 11.3 Å². The number of carbonyl (C=O) groups is 4. The third kappa shape index (κ3) is 4.24. The van der Waals surface area contributed by atoms with Gasteiger partial charge in [0.25, 0.3) is 11.8 Å². The van der Waals surface area contributed by atoms with Crippen LogP contribution in [0.3, 0.4) is 0 Å². The first-order valence-corrected chi connectivity index (χ1v) is 10.2. The lowest BCUT2D eigenvalue weighted by Gasteiger charge is -2.30. The monoisotopic (exact) mass is 445 g/mol. The van der Waals surface area contributed by atoms with E-state index in [9.17, 15) is 19.2 Å². The van der Waals surface area contributed by atoms with Crippen LogP contribution in [0.15, 0.2) is 30.3 Å². The molecule has 1 spiro atoms. The van der Waals surface area contributed by atoms with E-state index in [-0.39, 0.29) is 5.69 Å². The topological polar surface area (TPSA) is 133 Å². The van der Waals surface area contributed by atoms with Crippen LogP contribution in [0.2, 0.25) is 5.02 Å². The molecule has 1 aromatic carbocycles. The van der Waals surface area contributed by atoms with Crippen LogP contribution in [-0.2, 0) is 14.3 Å². The maximum Gasteiger partial charge on any atom is 0.356 e. The van der Waals surface area contributed by atoms with Crippen LogP contribution in [0.1, 0.15) is 42.6 Å². The van der Waals surface area contributed by atoms with E-state index in [2.05, 4.69) is 20.9 Å². The molecule has 1 aliphatic heterocycles. The van der Waals surface area contributed by atoms with Gasteiger partial charge in [-0.2, -0.15) is 10.1 Å². The summed E-state index contributed by atoms with van der Waals surface area (Å²) in [4.78, 5) is 49.2. The van der Waals surface area contributed by atoms with Crippen LogP contribution in [0, 0.1) is 0 Å². The zero-order valence-electron chi connectivity index (χ0n) is 16.4. The van der Waals surface area contributed by atoms with Crippen LogP contribution >= 0.6 is 11.6 Å². The number of imide groups is 1. The molecule has 2 fully saturated rings. The first-order chi connectivity index (χ1) is 14.9. The van der Waals surface area contributed by atoms with Crippen molar-refractivity contribution in [3.63, 3.8) is 0 Å². The number of hydrogen-bond acceptors (Lipinski definition) is 6. The number of amides is 4. The lowest BCUT2D eigenvalue weighted by atomic mass is 9.82. The molecule has 162 valence electrons. The number of nitrogens with one attached hydrogen (secondary N) is 3. The third-order valence-corrected chi connectivity index (χ3v) is 5.63. The van der Waals surface area contributed by atoms with Gasteiger partial charge in [0.05, 0.1) is 5.69 Å². The first-order valence-electron chi connectivity index (χ1n) is 9.83. The summed E-state index contributed by atoms with van der Waals surface area (Å²) in [5.41, 5.74) is 2.56. The number of nitrogens with zero attached hydrogens (tertiary/aromatic N) is 2. The predicted molar refractivity (Wildman–Crippen MR) is 109 cm³/mol. The number of rotatable bonds is 5. The average molecular weight is 446 g/mol. The van der Waals surface area contributed by atoms with Gasteiger partial charge in [0.2, 0.25) is 0 Å². The molecule has 1 saturated heterocycles. The van der Waals surface area contributed by atoms with Crippen LogP contribution in [-0.4, -0.2) is 51.2 Å². The molecule has 1 saturated carbocycles. The van der Waals surface area contributed by atoms with E-state index >= 15 is 0 Å². The number of benzene rings is 1. The normalized spacial score (nSPS) is 17.5. The van der Waals surface area contributed by atoms with Gasteiger partial charge in [-0.1, -0.05) is 43.0 Å². The number of aromatic amines is 1. The van der Waals surface area contributed by atoms with Gasteiger partial charge in [0, 0.05) is 10.6 Å². The molecule has 0 atom stereocenters. The second kappa shape index (κ2) is 8.38. The van der Waals surface area contributed by atoms with Crippen molar-refractivity contribution in [2.24, 2.45) is 0 Å². The standard InChI is InChI=1S/C20H20ClN5O5/c21-13-6-4-12(5-7-13)14-10-15(24-23-14)17(28)31-11-16(27)25-26-18(29)20(22-19(26)30)8-2-1-3-9-20/h4-7,10H,1-3,8-9,11H2,(H,22,30)(H,23,24)(H,25,27). The van der Waals surface area contributed by atoms with Gasteiger partial charge in [-0.3, -0.25) is 20.1 Å². The fourth-order valence-corrected chi connectivity index (χ4v) is 3.90. The van der Waals surface area contributed by atoms with Crippen molar-refractivity contribution >= 4 is 35.4 Å². The SMILES string of the molecule is O=C(COC(=O)c1cc(-c2ccc(Cl)cc2)n[nH]1)NN1C(=O)NC2(CCCCC2)C1=O. The van der Waals surface area contributed by atoms with Crippen molar-refractivity contribution < 1.29 is 23.9 Å². The van der Waals surface area contributed by atoms with E-state index in [1.165, 1.54) is 6.07 Å². The second-order valence-corrected chi connectivity index (χ2v) is 7.93. The summed E-state index contributed by atoms with van der Waals surface area (Å²) in [6, 6.07) is 7.68. The molecule has 1 aromatic heterocycles. The zero-order valence-corrected chi connectivity index (χ0v) is 17.2. The number of hydrazine groups is 1. The summed E-state index contributed by atoms with van der Waals surface area (Å²) in [6.07, 6.45) is 3.73. The number of ether oxygens (including phenoxy) is 1. The highest BCUT2D eigenvalue weighted by molar-refractivity contribution is 6.30. The zero-order chi connectivity index (χ0) is 22.0. The predicted octanol–water partition coefficient (Wildman–Crippen LogP) is 2.17. The fourth-order valence-electron chi connectivity index (χ4n) is 3.78. The average Bonchev–Trinajstić information content (AvgIpc) is 3.33. The molecule has 0 unspecified atom stereocenters. The molecule has 31 heavy (non-hydrogen) atoms. The van der Waals surface area contributed by atoms with E-state index in [0.29, 0.717) is 28.6 Å². The lowest BCUT2D eigenvalue weighted by molar-refractivity contribution is -0.140. The van der Waals surface area contributed by atoms with Gasteiger partial charge in [-0.15, -0.1) is 0 Å². The highest BCUT2D eigenvalue weighted by Crippen LogP contribution is 2.33. The van der Waals surface area contributed by atoms with Gasteiger partial charge in [0.1, 0.15) is 11.2 Å². The van der Waals surface area contributed by atoms with Gasteiger partial charge >= 0.3 is 12.0 Å². The van der Waals surface area contributed by atoms with Crippen molar-refractivity contribution in [1.82, 2.24) is 25.9 Å². The maximum atomic E-state index is 12.6. The molecule has 0 radical (unpaired) electrons. The molecule has 11 heteroatoms. The summed E-state index contributed by atoms with van der Waals surface area (Å²) in [5, 5.41) is 10.5. The molecule has 0 bridgehead atoms. The van der Waals surface area contributed by atoms with Crippen LogP contribution in [0.5, 0.6) is 0 Å². The Bertz CT molecular complexity index is 1030. The molecule has 2 heterocycles. The Morgan fingerprint density at radius 1 is 1.16 bits per heavy atom. The smallest absolute Gasteiger partial charge is 0.356 e. The number of hydrogen-bond donors (Lipinski definition) is 3. The number of aromatic nitrogens is 2. The van der Waals surface area contributed by atoms with Crippen molar-refractivity contribution in [2.45, 2.75) is 37.6 Å². The van der Waals surface area contributed by atoms with Crippen LogP contribution in [0.25, 0.3) is 11.3 Å². The Morgan fingerprint density at radius 3 is 2.58 bits per heavy atom. The number of H-pyrrole nitrogens is 1. The summed E-state index contributed by atoms with van der Waals surface area (Å²) in [7, 11) is 0. The summed E-state index contributed by atoms with van der Waals surface area (Å²) in [6.45, 7) is -0.668. The molecule has 1 aliphatic carbocycles. The Labute approximate surface area is 182 Å². The van der Waals surface area contributed by atoms with Crippen LogP contribution < -0.4 is 10.7 Å². The molecule has 4 amide bonds. The van der Waals surface area contributed by atoms with E-state index in [0.717, 1.165) is 24.8 Å². The Morgan fingerprint density at radius 2 is 1.87 bits per heavy atom. The van der Waals surface area contributed by atoms with Crippen LogP contribution in [0.4, 0.5) is 4.79 Å². The minimum absolute atomic E-state index is 0.0499. The highest BCUT2D eigenvalue weighted by Gasteiger charge is 2.52. The first kappa shape index (κ1) is 20.9. The summed E-state index contributed by atoms with van der Waals surface area (Å²) >= 11 is 5.86. The Balaban J connectivity index is 1.32. The van der Waals surface area contributed by atoms with E-state index in [4.69, 9.17) is 16.3 Å². The van der Waals surface area contributed by atoms with Gasteiger partial charge in [-0.05, 0) is 31.0 Å². The van der Waals surface area contributed by atoms with Crippen molar-refractivity contribution in [1.29, 1.82) is 0 Å². The number of halogens is 1. The Kier molecular flexibility index (Phi) is 5.64. The third-order valence-electron chi connectivity index (χ3n) is 5.38. The molecule has 2 aromatic rings. The molecule has 10 nitrogen and oxygen atoms in total. The number of urea groups is 1. The second-order valence-electron chi connectivity index (χ2n) is 7.50. The summed E-state index contributed by atoms with van der Waals surface area (Å²) in [5.74, 6) is -2.09. The highest BCUT2D eigenvalue weighted by atomic mass is 35.5. The molecular formula is C20H20ClN5O5. The minimum atomic E-state index is -0.951. The van der Waals surface area contributed by atoms with E-state index in [1.54, 1.807) is 24.3 Å². The largest absolute Gasteiger partial charge is 0.451 e. The van der Waals surface area contributed by atoms with Crippen molar-refractivity contribution in [3.05, 3.63) is 41.0 Å². The molecule has 2 aliphatic rings. The van der Waals surface area contributed by atoms with Gasteiger partial charge in [-0.25, -0.2) is 9.59 Å². The number of esters is 1. The fraction of sp³-hybridized carbons (Fsp3) is 0.350. The van der Waals surface area contributed by atoms with Gasteiger partial charge in [0.15, 0.2) is 6.61 Å². The van der Waals surface area contributed by atoms with Crippen molar-refractivity contribution in [2.75, 3.05) is 6.61 Å². The lowest BCUT2D eigenvalue weighted by Crippen LogP contribution is -2.51. The molecular weight excluding hydrogens is 426 g/mol. The molecule has 4 rings (SSSR count). The number of carbonyl (C=O) groups excluding carboxylic acids is 4. The summed E-state index contributed by atoms with van der Waals surface area (Å²) < 4.78 is 4.96. The van der Waals surface area contributed by atoms with E-state index in [1.807, 2.05) is 0 Å². The van der Waals surface area contributed by atoms with Gasteiger partial charge < -0.3 is 10.1 Å². The Hall–Kier alpha value is -3.40. The minimum Gasteiger partial charge on any atom is -0.451 e.